The molecule has 0 radical (unpaired) electrons. The van der Waals surface area contributed by atoms with Crippen molar-refractivity contribution in [1.29, 1.82) is 0 Å². The molecule has 6 fully saturated rings. The van der Waals surface area contributed by atoms with Crippen LogP contribution in [0.1, 0.15) is 86.5 Å². The standard InChI is InChI=1S/C60H52N2/c1-5-16-53-47(12-1)49-26-24-46(35-56(49)59(53)36-38-21-22-40(59)30-38)61(43-10-9-11-44(33-43)62-57-18-7-3-14-50(57)51-15-4-8-19-58(51)62)45-25-27-55-52(34-45)48-13-2-6-17-54(48)60(55)41-23-20-37-28-39(31-41)32-42(60)29-37/h1-19,24-27,33-35,37-42H,20-23,28-32,36H2. The molecule has 16 rings (SSSR count). The highest BCUT2D eigenvalue weighted by atomic mass is 15.1. The van der Waals surface area contributed by atoms with E-state index in [0.29, 0.717) is 0 Å². The van der Waals surface area contributed by atoms with Crippen LogP contribution in [0.15, 0.2) is 158 Å². The first-order chi connectivity index (χ1) is 30.7. The molecule has 1 heterocycles. The third-order valence-corrected chi connectivity index (χ3v) is 18.3. The number of benzene rings is 7. The van der Waals surface area contributed by atoms with Crippen LogP contribution in [0.25, 0.3) is 49.7 Å². The second-order valence-electron chi connectivity index (χ2n) is 20.8. The van der Waals surface area contributed by atoms with Gasteiger partial charge in [0.25, 0.3) is 0 Å². The molecule has 2 nitrogen and oxygen atoms in total. The molecule has 2 heteroatoms. The van der Waals surface area contributed by atoms with Gasteiger partial charge >= 0.3 is 0 Å². The van der Waals surface area contributed by atoms with E-state index in [1.807, 2.05) is 0 Å². The molecule has 0 amide bonds. The lowest BCUT2D eigenvalue weighted by atomic mass is 9.51. The highest BCUT2D eigenvalue weighted by Gasteiger charge is 2.60. The van der Waals surface area contributed by atoms with Crippen molar-refractivity contribution in [3.05, 3.63) is 180 Å². The molecule has 8 aliphatic rings. The Morgan fingerprint density at radius 3 is 1.82 bits per heavy atom. The third kappa shape index (κ3) is 4.37. The third-order valence-electron chi connectivity index (χ3n) is 18.3. The smallest absolute Gasteiger partial charge is 0.0541 e. The molecule has 6 bridgehead atoms. The van der Waals surface area contributed by atoms with Gasteiger partial charge in [-0.3, -0.25) is 0 Å². The summed E-state index contributed by atoms with van der Waals surface area (Å²) >= 11 is 0. The molecule has 8 atom stereocenters. The van der Waals surface area contributed by atoms with E-state index in [-0.39, 0.29) is 10.8 Å². The van der Waals surface area contributed by atoms with E-state index in [2.05, 4.69) is 167 Å². The van der Waals surface area contributed by atoms with Crippen molar-refractivity contribution < 1.29 is 0 Å². The summed E-state index contributed by atoms with van der Waals surface area (Å²) in [6, 6.07) is 61.7. The molecule has 7 aromatic carbocycles. The molecule has 302 valence electrons. The molecule has 8 aromatic rings. The van der Waals surface area contributed by atoms with Gasteiger partial charge in [-0.2, -0.15) is 0 Å². The lowest BCUT2D eigenvalue weighted by molar-refractivity contribution is 0.0618. The molecular formula is C60H52N2. The van der Waals surface area contributed by atoms with E-state index in [4.69, 9.17) is 0 Å². The summed E-state index contributed by atoms with van der Waals surface area (Å²) in [5, 5.41) is 2.60. The van der Waals surface area contributed by atoms with Gasteiger partial charge in [0.2, 0.25) is 0 Å². The Balaban J connectivity index is 0.956. The number of hydrogen-bond donors (Lipinski definition) is 0. The minimum atomic E-state index is 0.114. The molecule has 62 heavy (non-hydrogen) atoms. The molecule has 8 unspecified atom stereocenters. The van der Waals surface area contributed by atoms with Gasteiger partial charge in [-0.15, -0.1) is 0 Å². The maximum absolute atomic E-state index is 2.65. The Labute approximate surface area is 365 Å². The molecule has 8 aliphatic carbocycles. The second-order valence-corrected chi connectivity index (χ2v) is 20.8. The highest BCUT2D eigenvalue weighted by Crippen LogP contribution is 2.69. The summed E-state index contributed by atoms with van der Waals surface area (Å²) in [5.41, 5.74) is 20.0. The number of fused-ring (bicyclic) bond motifs is 15. The number of nitrogens with zero attached hydrogens (tertiary/aromatic N) is 2. The number of hydrogen-bond acceptors (Lipinski definition) is 1. The maximum atomic E-state index is 2.65. The van der Waals surface area contributed by atoms with E-state index >= 15 is 0 Å². The van der Waals surface area contributed by atoms with Gasteiger partial charge in [-0.05, 0) is 186 Å². The minimum Gasteiger partial charge on any atom is -0.310 e. The molecule has 0 N–H and O–H groups in total. The van der Waals surface area contributed by atoms with Crippen molar-refractivity contribution in [2.75, 3.05) is 4.90 Å². The van der Waals surface area contributed by atoms with Crippen LogP contribution >= 0.6 is 0 Å². The molecule has 0 aliphatic heterocycles. The van der Waals surface area contributed by atoms with Crippen molar-refractivity contribution in [3.8, 4) is 27.9 Å². The van der Waals surface area contributed by atoms with Gasteiger partial charge in [0.1, 0.15) is 0 Å². The summed E-state index contributed by atoms with van der Waals surface area (Å²) in [7, 11) is 0. The second kappa shape index (κ2) is 12.4. The van der Waals surface area contributed by atoms with Crippen molar-refractivity contribution in [3.63, 3.8) is 0 Å². The number of aromatic nitrogens is 1. The minimum absolute atomic E-state index is 0.114. The van der Waals surface area contributed by atoms with E-state index in [9.17, 15) is 0 Å². The normalized spacial score (nSPS) is 29.1. The van der Waals surface area contributed by atoms with Crippen molar-refractivity contribution in [2.24, 2.45) is 35.5 Å². The Hall–Kier alpha value is -5.86. The lowest BCUT2D eigenvalue weighted by Gasteiger charge is -2.53. The molecule has 6 saturated carbocycles. The number of rotatable bonds is 4. The lowest BCUT2D eigenvalue weighted by Crippen LogP contribution is -2.48. The Morgan fingerprint density at radius 1 is 0.403 bits per heavy atom. The first-order valence-corrected chi connectivity index (χ1v) is 24.0. The monoisotopic (exact) mass is 800 g/mol. The van der Waals surface area contributed by atoms with E-state index in [1.165, 1.54) is 131 Å². The van der Waals surface area contributed by atoms with Crippen LogP contribution < -0.4 is 4.90 Å². The number of para-hydroxylation sites is 2. The predicted molar refractivity (Wildman–Crippen MR) is 255 cm³/mol. The SMILES string of the molecule is c1cc(N(c2ccc3c(c2)-c2ccccc2C32C3CCC4CC(C3)CC2C4)c2ccc3c(c2)C2(CC4CCC2C4)c2ccccc2-3)cc(-n2c3ccccc3c3ccccc32)c1. The van der Waals surface area contributed by atoms with E-state index in [1.54, 1.807) is 22.3 Å². The van der Waals surface area contributed by atoms with Gasteiger partial charge in [0.15, 0.2) is 0 Å². The Kier molecular flexibility index (Phi) is 6.94. The van der Waals surface area contributed by atoms with E-state index < -0.39 is 0 Å². The summed E-state index contributed by atoms with van der Waals surface area (Å²) < 4.78 is 2.48. The van der Waals surface area contributed by atoms with Crippen molar-refractivity contribution in [2.45, 2.75) is 75.0 Å². The van der Waals surface area contributed by atoms with Crippen molar-refractivity contribution >= 4 is 38.9 Å². The zero-order chi connectivity index (χ0) is 40.3. The maximum Gasteiger partial charge on any atom is 0.0541 e. The van der Waals surface area contributed by atoms with Gasteiger partial charge in [0, 0.05) is 44.4 Å². The fourth-order valence-electron chi connectivity index (χ4n) is 16.4. The van der Waals surface area contributed by atoms with Crippen LogP contribution in [0.3, 0.4) is 0 Å². The summed E-state index contributed by atoms with van der Waals surface area (Å²) in [6.45, 7) is 0. The van der Waals surface area contributed by atoms with Crippen LogP contribution in [0.5, 0.6) is 0 Å². The molecule has 2 spiro atoms. The molecule has 1 aromatic heterocycles. The predicted octanol–water partition coefficient (Wildman–Crippen LogP) is 15.5. The Bertz CT molecular complexity index is 3120. The van der Waals surface area contributed by atoms with Crippen LogP contribution in [0, 0.1) is 35.5 Å². The zero-order valence-electron chi connectivity index (χ0n) is 35.4. The van der Waals surface area contributed by atoms with Gasteiger partial charge in [0.05, 0.1) is 11.0 Å². The summed E-state index contributed by atoms with van der Waals surface area (Å²) in [4.78, 5) is 2.62. The molecule has 0 saturated heterocycles. The van der Waals surface area contributed by atoms with Crippen LogP contribution in [0.2, 0.25) is 0 Å². The largest absolute Gasteiger partial charge is 0.310 e. The molecular weight excluding hydrogens is 749 g/mol. The van der Waals surface area contributed by atoms with Crippen LogP contribution in [0.4, 0.5) is 17.1 Å². The average Bonchev–Trinajstić information content (AvgIpc) is 4.10. The van der Waals surface area contributed by atoms with Crippen molar-refractivity contribution in [1.82, 2.24) is 4.57 Å². The van der Waals surface area contributed by atoms with Crippen LogP contribution in [-0.2, 0) is 10.8 Å². The fraction of sp³-hybridized carbons (Fsp3) is 0.300. The number of anilines is 3. The topological polar surface area (TPSA) is 8.17 Å². The van der Waals surface area contributed by atoms with Gasteiger partial charge in [-0.1, -0.05) is 116 Å². The summed E-state index contributed by atoms with van der Waals surface area (Å²) in [5.74, 6) is 4.88. The quantitative estimate of drug-likeness (QED) is 0.172. The van der Waals surface area contributed by atoms with Gasteiger partial charge < -0.3 is 9.47 Å². The van der Waals surface area contributed by atoms with Gasteiger partial charge in [-0.25, -0.2) is 0 Å². The first-order valence-electron chi connectivity index (χ1n) is 24.0. The Morgan fingerprint density at radius 2 is 1.02 bits per heavy atom. The average molecular weight is 801 g/mol. The first kappa shape index (κ1) is 34.7. The fourth-order valence-corrected chi connectivity index (χ4v) is 16.4. The highest BCUT2D eigenvalue weighted by molar-refractivity contribution is 6.09. The van der Waals surface area contributed by atoms with E-state index in [0.717, 1.165) is 35.5 Å². The van der Waals surface area contributed by atoms with Crippen LogP contribution in [-0.4, -0.2) is 4.57 Å². The zero-order valence-corrected chi connectivity index (χ0v) is 35.4. The summed E-state index contributed by atoms with van der Waals surface area (Å²) in [6.07, 6.45) is 13.9.